The summed E-state index contributed by atoms with van der Waals surface area (Å²) in [6.07, 6.45) is 1.29. The Morgan fingerprint density at radius 3 is 2.41 bits per heavy atom. The van der Waals surface area contributed by atoms with Crippen LogP contribution in [-0.4, -0.2) is 28.2 Å². The van der Waals surface area contributed by atoms with Crippen molar-refractivity contribution in [2.24, 2.45) is 0 Å². The molecule has 4 nitrogen and oxygen atoms in total. The van der Waals surface area contributed by atoms with Crippen molar-refractivity contribution in [1.82, 2.24) is 4.90 Å². The van der Waals surface area contributed by atoms with Gasteiger partial charge in [0.05, 0.1) is 12.1 Å². The van der Waals surface area contributed by atoms with E-state index in [1.807, 2.05) is 30.3 Å². The number of aliphatic hydroxyl groups is 2. The monoisotopic (exact) mass is 321 g/mol. The summed E-state index contributed by atoms with van der Waals surface area (Å²) in [4.78, 5) is 2.24. The van der Waals surface area contributed by atoms with E-state index in [1.165, 1.54) is 0 Å². The molecule has 118 valence electrons. The lowest BCUT2D eigenvalue weighted by Gasteiger charge is -2.38. The third-order valence-electron chi connectivity index (χ3n) is 4.31. The van der Waals surface area contributed by atoms with Crippen molar-refractivity contribution in [2.75, 3.05) is 13.1 Å². The number of hydrogen-bond acceptors (Lipinski definition) is 4. The average molecular weight is 322 g/mol. The first kappa shape index (κ1) is 15.6. The summed E-state index contributed by atoms with van der Waals surface area (Å²) >= 11 is 6.22. The van der Waals surface area contributed by atoms with Crippen LogP contribution < -0.4 is 0 Å². The Labute approximate surface area is 134 Å². The Hall–Kier alpha value is -1.33. The zero-order valence-corrected chi connectivity index (χ0v) is 13.1. The molecule has 1 saturated heterocycles. The summed E-state index contributed by atoms with van der Waals surface area (Å²) in [5.74, 6) is 1.42. The number of nitrogens with zero attached hydrogens (tertiary/aromatic N) is 1. The van der Waals surface area contributed by atoms with E-state index in [0.717, 1.165) is 24.4 Å². The van der Waals surface area contributed by atoms with Crippen LogP contribution >= 0.6 is 11.6 Å². The van der Waals surface area contributed by atoms with Crippen LogP contribution in [0.25, 0.3) is 0 Å². The number of rotatable bonds is 4. The molecule has 3 rings (SSSR count). The largest absolute Gasteiger partial charge is 0.462 e. The van der Waals surface area contributed by atoms with E-state index in [-0.39, 0.29) is 6.61 Å². The predicted octanol–water partition coefficient (Wildman–Crippen LogP) is 2.91. The molecule has 1 aliphatic rings. The van der Waals surface area contributed by atoms with Crippen molar-refractivity contribution in [3.05, 3.63) is 58.5 Å². The first-order valence-electron chi connectivity index (χ1n) is 7.49. The van der Waals surface area contributed by atoms with Crippen LogP contribution in [0.1, 0.15) is 29.9 Å². The van der Waals surface area contributed by atoms with Crippen molar-refractivity contribution in [3.8, 4) is 0 Å². The molecule has 1 aromatic carbocycles. The quantitative estimate of drug-likeness (QED) is 0.909. The van der Waals surface area contributed by atoms with Crippen molar-refractivity contribution in [1.29, 1.82) is 0 Å². The van der Waals surface area contributed by atoms with Crippen molar-refractivity contribution >= 4 is 11.6 Å². The molecule has 0 spiro atoms. The van der Waals surface area contributed by atoms with Crippen LogP contribution in [0.2, 0.25) is 5.02 Å². The molecule has 0 saturated carbocycles. The number of halogens is 1. The second kappa shape index (κ2) is 6.42. The molecule has 2 aromatic rings. The second-order valence-corrected chi connectivity index (χ2v) is 6.22. The molecular weight excluding hydrogens is 302 g/mol. The molecule has 2 N–H and O–H groups in total. The fourth-order valence-corrected chi connectivity index (χ4v) is 3.31. The van der Waals surface area contributed by atoms with Gasteiger partial charge in [-0.05, 0) is 31.0 Å². The van der Waals surface area contributed by atoms with Gasteiger partial charge in [-0.1, -0.05) is 29.8 Å². The molecule has 0 unspecified atom stereocenters. The van der Waals surface area contributed by atoms with Crippen molar-refractivity contribution < 1.29 is 14.6 Å². The van der Waals surface area contributed by atoms with Gasteiger partial charge in [-0.15, -0.1) is 0 Å². The van der Waals surface area contributed by atoms with Crippen LogP contribution in [0, 0.1) is 0 Å². The number of aliphatic hydroxyl groups excluding tert-OH is 1. The van der Waals surface area contributed by atoms with Crippen LogP contribution in [-0.2, 0) is 18.8 Å². The number of piperidine rings is 1. The Bertz CT molecular complexity index is 632. The van der Waals surface area contributed by atoms with Gasteiger partial charge in [-0.25, -0.2) is 0 Å². The standard InChI is InChI=1S/C17H20ClNO3/c18-16-4-2-1-3-15(16)17(21)7-9-19(10-8-17)11-13-5-6-14(12-20)22-13/h1-6,20-21H,7-12H2. The predicted molar refractivity (Wildman–Crippen MR) is 84.5 cm³/mol. The highest BCUT2D eigenvalue weighted by atomic mass is 35.5. The Morgan fingerprint density at radius 2 is 1.77 bits per heavy atom. The van der Waals surface area contributed by atoms with Gasteiger partial charge in [0.15, 0.2) is 0 Å². The molecule has 22 heavy (non-hydrogen) atoms. The lowest BCUT2D eigenvalue weighted by atomic mass is 9.84. The van der Waals surface area contributed by atoms with E-state index in [1.54, 1.807) is 6.07 Å². The summed E-state index contributed by atoms with van der Waals surface area (Å²) in [5.41, 5.74) is -0.0364. The summed E-state index contributed by atoms with van der Waals surface area (Å²) in [5, 5.41) is 20.5. The fourth-order valence-electron chi connectivity index (χ4n) is 3.00. The van der Waals surface area contributed by atoms with E-state index >= 15 is 0 Å². The zero-order valence-electron chi connectivity index (χ0n) is 12.3. The van der Waals surface area contributed by atoms with Crippen LogP contribution in [0.15, 0.2) is 40.8 Å². The van der Waals surface area contributed by atoms with E-state index in [0.29, 0.717) is 30.2 Å². The van der Waals surface area contributed by atoms with Crippen LogP contribution in [0.4, 0.5) is 0 Å². The highest BCUT2D eigenvalue weighted by Crippen LogP contribution is 2.36. The Kier molecular flexibility index (Phi) is 4.54. The fraction of sp³-hybridized carbons (Fsp3) is 0.412. The summed E-state index contributed by atoms with van der Waals surface area (Å²) in [7, 11) is 0. The summed E-state index contributed by atoms with van der Waals surface area (Å²) < 4.78 is 5.52. The lowest BCUT2D eigenvalue weighted by molar-refractivity contribution is -0.0289. The van der Waals surface area contributed by atoms with E-state index in [2.05, 4.69) is 4.90 Å². The van der Waals surface area contributed by atoms with Gasteiger partial charge in [0.2, 0.25) is 0 Å². The Morgan fingerprint density at radius 1 is 1.09 bits per heavy atom. The highest BCUT2D eigenvalue weighted by molar-refractivity contribution is 6.31. The SMILES string of the molecule is OCc1ccc(CN2CCC(O)(c3ccccc3Cl)CC2)o1. The maximum atomic E-state index is 10.9. The van der Waals surface area contributed by atoms with Crippen LogP contribution in [0.3, 0.4) is 0 Å². The average Bonchev–Trinajstić information content (AvgIpc) is 2.98. The van der Waals surface area contributed by atoms with Gasteiger partial charge in [0, 0.05) is 23.7 Å². The van der Waals surface area contributed by atoms with E-state index in [9.17, 15) is 5.11 Å². The maximum absolute atomic E-state index is 10.9. The first-order chi connectivity index (χ1) is 10.6. The van der Waals surface area contributed by atoms with Gasteiger partial charge < -0.3 is 14.6 Å². The van der Waals surface area contributed by atoms with Crippen molar-refractivity contribution in [2.45, 2.75) is 31.6 Å². The minimum Gasteiger partial charge on any atom is -0.462 e. The minimum atomic E-state index is -0.853. The molecule has 0 atom stereocenters. The normalized spacial score (nSPS) is 18.5. The van der Waals surface area contributed by atoms with E-state index in [4.69, 9.17) is 21.1 Å². The zero-order chi connectivity index (χ0) is 15.6. The molecule has 5 heteroatoms. The second-order valence-electron chi connectivity index (χ2n) is 5.81. The number of furan rings is 1. The van der Waals surface area contributed by atoms with Crippen LogP contribution in [0.5, 0.6) is 0 Å². The molecule has 1 aliphatic heterocycles. The third kappa shape index (κ3) is 3.20. The van der Waals surface area contributed by atoms with Gasteiger partial charge in [-0.2, -0.15) is 0 Å². The third-order valence-corrected chi connectivity index (χ3v) is 4.64. The molecule has 1 fully saturated rings. The smallest absolute Gasteiger partial charge is 0.129 e. The molecule has 1 aromatic heterocycles. The molecule has 0 bridgehead atoms. The van der Waals surface area contributed by atoms with Crippen molar-refractivity contribution in [3.63, 3.8) is 0 Å². The topological polar surface area (TPSA) is 56.8 Å². The van der Waals surface area contributed by atoms with Gasteiger partial charge >= 0.3 is 0 Å². The molecule has 0 amide bonds. The molecule has 0 radical (unpaired) electrons. The summed E-state index contributed by atoms with van der Waals surface area (Å²) in [6.45, 7) is 2.17. The molecular formula is C17H20ClNO3. The first-order valence-corrected chi connectivity index (χ1v) is 7.87. The van der Waals surface area contributed by atoms with Gasteiger partial charge in [0.1, 0.15) is 18.1 Å². The highest BCUT2D eigenvalue weighted by Gasteiger charge is 2.35. The number of hydrogen-bond donors (Lipinski definition) is 2. The maximum Gasteiger partial charge on any atom is 0.129 e. The summed E-state index contributed by atoms with van der Waals surface area (Å²) in [6, 6.07) is 11.2. The Balaban J connectivity index is 1.63. The number of likely N-dealkylation sites (tertiary alicyclic amines) is 1. The molecule has 0 aliphatic carbocycles. The van der Waals surface area contributed by atoms with Gasteiger partial charge in [-0.3, -0.25) is 4.90 Å². The van der Waals surface area contributed by atoms with E-state index < -0.39 is 5.60 Å². The molecule has 2 heterocycles. The minimum absolute atomic E-state index is 0.0771. The number of benzene rings is 1. The lowest BCUT2D eigenvalue weighted by Crippen LogP contribution is -2.42. The van der Waals surface area contributed by atoms with Gasteiger partial charge in [0.25, 0.3) is 0 Å².